The second kappa shape index (κ2) is 4.33. The zero-order chi connectivity index (χ0) is 12.4. The highest BCUT2D eigenvalue weighted by atomic mass is 16.3. The molecule has 1 amide bonds. The fraction of sp³-hybridized carbons (Fsp3) is 0.154. The number of anilines is 1. The van der Waals surface area contributed by atoms with Crippen LogP contribution in [-0.4, -0.2) is 18.1 Å². The monoisotopic (exact) mass is 231 g/mol. The molecule has 0 unspecified atom stereocenters. The van der Waals surface area contributed by atoms with Gasteiger partial charge in [-0.2, -0.15) is 0 Å². The van der Waals surface area contributed by atoms with Gasteiger partial charge < -0.3 is 14.4 Å². The van der Waals surface area contributed by atoms with E-state index in [4.69, 9.17) is 4.42 Å². The van der Waals surface area contributed by atoms with E-state index in [1.54, 1.807) is 31.3 Å². The molecule has 4 heteroatoms. The van der Waals surface area contributed by atoms with Crippen LogP contribution in [0.2, 0.25) is 0 Å². The molecule has 1 aromatic carbocycles. The molecule has 1 aromatic heterocycles. The second-order valence-corrected chi connectivity index (χ2v) is 3.82. The normalized spacial score (nSPS) is 10.2. The topological polar surface area (TPSA) is 53.7 Å². The third-order valence-electron chi connectivity index (χ3n) is 2.58. The third-order valence-corrected chi connectivity index (χ3v) is 2.58. The van der Waals surface area contributed by atoms with Gasteiger partial charge in [0.2, 0.25) is 0 Å². The van der Waals surface area contributed by atoms with Crippen LogP contribution >= 0.6 is 0 Å². The molecule has 0 aliphatic heterocycles. The standard InChI is InChI=1S/C13H13NO3/c1-9-6-7-17-12(9)13(16)14(2)10-4-3-5-11(15)8-10/h3-8,15H,1-2H3. The molecule has 0 aliphatic carbocycles. The first-order valence-electron chi connectivity index (χ1n) is 5.21. The van der Waals surface area contributed by atoms with Crippen LogP contribution < -0.4 is 4.90 Å². The number of amides is 1. The lowest BCUT2D eigenvalue weighted by Crippen LogP contribution is -2.26. The molecule has 2 rings (SSSR count). The summed E-state index contributed by atoms with van der Waals surface area (Å²) in [5, 5.41) is 9.37. The molecule has 17 heavy (non-hydrogen) atoms. The van der Waals surface area contributed by atoms with Gasteiger partial charge in [-0.05, 0) is 25.1 Å². The molecular weight excluding hydrogens is 218 g/mol. The van der Waals surface area contributed by atoms with Crippen molar-refractivity contribution in [1.82, 2.24) is 0 Å². The molecule has 0 fully saturated rings. The molecule has 4 nitrogen and oxygen atoms in total. The zero-order valence-electron chi connectivity index (χ0n) is 9.68. The van der Waals surface area contributed by atoms with Crippen LogP contribution in [0.5, 0.6) is 5.75 Å². The highest BCUT2D eigenvalue weighted by Crippen LogP contribution is 2.21. The van der Waals surface area contributed by atoms with Crippen LogP contribution in [0.4, 0.5) is 5.69 Å². The summed E-state index contributed by atoms with van der Waals surface area (Å²) in [5.74, 6) is 0.201. The van der Waals surface area contributed by atoms with Crippen LogP contribution in [0.15, 0.2) is 41.0 Å². The average molecular weight is 231 g/mol. The molecule has 1 heterocycles. The Morgan fingerprint density at radius 2 is 2.12 bits per heavy atom. The summed E-state index contributed by atoms with van der Waals surface area (Å²) < 4.78 is 5.15. The highest BCUT2D eigenvalue weighted by Gasteiger charge is 2.18. The van der Waals surface area contributed by atoms with Crippen molar-refractivity contribution in [2.45, 2.75) is 6.92 Å². The maximum Gasteiger partial charge on any atom is 0.293 e. The molecule has 0 aliphatic rings. The molecule has 0 radical (unpaired) electrons. The summed E-state index contributed by atoms with van der Waals surface area (Å²) in [7, 11) is 1.64. The SMILES string of the molecule is Cc1ccoc1C(=O)N(C)c1cccc(O)c1. The Kier molecular flexibility index (Phi) is 2.87. The molecule has 1 N–H and O–H groups in total. The van der Waals surface area contributed by atoms with E-state index in [1.807, 2.05) is 6.92 Å². The van der Waals surface area contributed by atoms with Crippen molar-refractivity contribution >= 4 is 11.6 Å². The van der Waals surface area contributed by atoms with Gasteiger partial charge in [-0.25, -0.2) is 0 Å². The van der Waals surface area contributed by atoms with Crippen molar-refractivity contribution in [3.05, 3.63) is 47.9 Å². The molecule has 0 bridgehead atoms. The third kappa shape index (κ3) is 2.15. The van der Waals surface area contributed by atoms with E-state index < -0.39 is 0 Å². The maximum absolute atomic E-state index is 12.1. The minimum Gasteiger partial charge on any atom is -0.508 e. The molecular formula is C13H13NO3. The molecule has 2 aromatic rings. The summed E-state index contributed by atoms with van der Waals surface area (Å²) in [6.45, 7) is 1.81. The predicted octanol–water partition coefficient (Wildman–Crippen LogP) is 2.57. The highest BCUT2D eigenvalue weighted by molar-refractivity contribution is 6.04. The van der Waals surface area contributed by atoms with Gasteiger partial charge in [0.05, 0.1) is 6.26 Å². The van der Waals surface area contributed by atoms with Crippen LogP contribution in [0, 0.1) is 6.92 Å². The lowest BCUT2D eigenvalue weighted by Gasteiger charge is -2.16. The molecule has 0 atom stereocenters. The van der Waals surface area contributed by atoms with Crippen molar-refractivity contribution < 1.29 is 14.3 Å². The van der Waals surface area contributed by atoms with Gasteiger partial charge in [-0.1, -0.05) is 6.07 Å². The lowest BCUT2D eigenvalue weighted by atomic mass is 10.2. The van der Waals surface area contributed by atoms with E-state index in [9.17, 15) is 9.90 Å². The number of hydrogen-bond acceptors (Lipinski definition) is 3. The first-order valence-corrected chi connectivity index (χ1v) is 5.21. The van der Waals surface area contributed by atoms with E-state index in [1.165, 1.54) is 17.2 Å². The van der Waals surface area contributed by atoms with E-state index in [0.717, 1.165) is 5.56 Å². The number of benzene rings is 1. The van der Waals surface area contributed by atoms with Crippen molar-refractivity contribution in [2.75, 3.05) is 11.9 Å². The smallest absolute Gasteiger partial charge is 0.293 e. The number of carbonyl (C=O) groups is 1. The number of aromatic hydroxyl groups is 1. The van der Waals surface area contributed by atoms with Crippen LogP contribution in [0.25, 0.3) is 0 Å². The van der Waals surface area contributed by atoms with E-state index in [2.05, 4.69) is 0 Å². The zero-order valence-corrected chi connectivity index (χ0v) is 9.68. The van der Waals surface area contributed by atoms with Gasteiger partial charge in [0.25, 0.3) is 5.91 Å². The molecule has 88 valence electrons. The van der Waals surface area contributed by atoms with Crippen molar-refractivity contribution in [1.29, 1.82) is 0 Å². The van der Waals surface area contributed by atoms with Crippen LogP contribution in [0.3, 0.4) is 0 Å². The van der Waals surface area contributed by atoms with Gasteiger partial charge in [-0.15, -0.1) is 0 Å². The van der Waals surface area contributed by atoms with E-state index >= 15 is 0 Å². The number of hydrogen-bond donors (Lipinski definition) is 1. The van der Waals surface area contributed by atoms with Gasteiger partial charge in [0.15, 0.2) is 5.76 Å². The summed E-state index contributed by atoms with van der Waals surface area (Å²) >= 11 is 0. The summed E-state index contributed by atoms with van der Waals surface area (Å²) in [4.78, 5) is 13.5. The van der Waals surface area contributed by atoms with Crippen LogP contribution in [0.1, 0.15) is 16.1 Å². The second-order valence-electron chi connectivity index (χ2n) is 3.82. The number of rotatable bonds is 2. The van der Waals surface area contributed by atoms with E-state index in [-0.39, 0.29) is 11.7 Å². The number of aryl methyl sites for hydroxylation is 1. The first-order chi connectivity index (χ1) is 8.09. The minimum atomic E-state index is -0.238. The van der Waals surface area contributed by atoms with Gasteiger partial charge in [0, 0.05) is 24.4 Å². The number of phenolic OH excluding ortho intramolecular Hbond substituents is 1. The summed E-state index contributed by atoms with van der Waals surface area (Å²) in [6, 6.07) is 8.25. The Balaban J connectivity index is 2.30. The molecule has 0 saturated carbocycles. The average Bonchev–Trinajstić information content (AvgIpc) is 2.73. The lowest BCUT2D eigenvalue weighted by molar-refractivity contribution is 0.0965. The molecule has 0 spiro atoms. The Labute approximate surface area is 99.1 Å². The van der Waals surface area contributed by atoms with Crippen molar-refractivity contribution in [3.63, 3.8) is 0 Å². The fourth-order valence-corrected chi connectivity index (χ4v) is 1.56. The summed E-state index contributed by atoms with van der Waals surface area (Å²) in [5.41, 5.74) is 1.41. The van der Waals surface area contributed by atoms with Crippen molar-refractivity contribution in [3.8, 4) is 5.75 Å². The largest absolute Gasteiger partial charge is 0.508 e. The summed E-state index contributed by atoms with van der Waals surface area (Å²) in [6.07, 6.45) is 1.48. The Morgan fingerprint density at radius 1 is 1.35 bits per heavy atom. The Bertz CT molecular complexity index is 545. The molecule has 0 saturated heterocycles. The Hall–Kier alpha value is -2.23. The van der Waals surface area contributed by atoms with Gasteiger partial charge >= 0.3 is 0 Å². The van der Waals surface area contributed by atoms with Gasteiger partial charge in [0.1, 0.15) is 5.75 Å². The van der Waals surface area contributed by atoms with Gasteiger partial charge in [-0.3, -0.25) is 4.79 Å². The van der Waals surface area contributed by atoms with Crippen molar-refractivity contribution in [2.24, 2.45) is 0 Å². The fourth-order valence-electron chi connectivity index (χ4n) is 1.56. The maximum atomic E-state index is 12.1. The quantitative estimate of drug-likeness (QED) is 0.864. The van der Waals surface area contributed by atoms with Crippen LogP contribution in [-0.2, 0) is 0 Å². The first kappa shape index (κ1) is 11.3. The Morgan fingerprint density at radius 3 is 2.71 bits per heavy atom. The number of furan rings is 1. The minimum absolute atomic E-state index is 0.123. The number of carbonyl (C=O) groups excluding carboxylic acids is 1. The van der Waals surface area contributed by atoms with E-state index in [0.29, 0.717) is 11.4 Å². The number of phenols is 1. The number of nitrogens with zero attached hydrogens (tertiary/aromatic N) is 1. The predicted molar refractivity (Wildman–Crippen MR) is 64.3 cm³/mol.